The maximum absolute atomic E-state index is 12.3. The molecule has 0 bridgehead atoms. The Morgan fingerprint density at radius 1 is 0.964 bits per heavy atom. The van der Waals surface area contributed by atoms with E-state index in [-0.39, 0.29) is 42.9 Å². The van der Waals surface area contributed by atoms with Crippen molar-refractivity contribution in [2.45, 2.75) is 19.8 Å². The molecule has 1 N–H and O–H groups in total. The Hall–Kier alpha value is -3.48. The molecular formula is C21H20N2O5. The molecule has 0 unspecified atom stereocenters. The summed E-state index contributed by atoms with van der Waals surface area (Å²) in [5, 5.41) is 2.69. The molecule has 1 heterocycles. The molecule has 7 nitrogen and oxygen atoms in total. The monoisotopic (exact) mass is 380 g/mol. The lowest BCUT2D eigenvalue weighted by Crippen LogP contribution is -2.31. The van der Waals surface area contributed by atoms with E-state index in [0.29, 0.717) is 23.2 Å². The number of anilines is 1. The van der Waals surface area contributed by atoms with Crippen molar-refractivity contribution in [2.24, 2.45) is 0 Å². The van der Waals surface area contributed by atoms with Crippen molar-refractivity contribution in [3.05, 3.63) is 65.2 Å². The fourth-order valence-electron chi connectivity index (χ4n) is 3.03. The van der Waals surface area contributed by atoms with Crippen LogP contribution in [0.4, 0.5) is 5.69 Å². The number of imide groups is 1. The van der Waals surface area contributed by atoms with Gasteiger partial charge in [-0.15, -0.1) is 0 Å². The van der Waals surface area contributed by atoms with Crippen molar-refractivity contribution in [1.29, 1.82) is 0 Å². The molecule has 0 saturated heterocycles. The largest absolute Gasteiger partial charge is 0.462 e. The number of para-hydroxylation sites is 1. The van der Waals surface area contributed by atoms with Gasteiger partial charge < -0.3 is 10.1 Å². The number of carbonyl (C=O) groups is 4. The van der Waals surface area contributed by atoms with Crippen molar-refractivity contribution in [3.63, 3.8) is 0 Å². The van der Waals surface area contributed by atoms with E-state index < -0.39 is 5.97 Å². The maximum Gasteiger partial charge on any atom is 0.340 e. The van der Waals surface area contributed by atoms with E-state index in [9.17, 15) is 19.2 Å². The number of hydrogen-bond acceptors (Lipinski definition) is 5. The van der Waals surface area contributed by atoms with Crippen LogP contribution in [-0.2, 0) is 9.53 Å². The van der Waals surface area contributed by atoms with E-state index in [1.165, 1.54) is 0 Å². The predicted molar refractivity (Wildman–Crippen MR) is 102 cm³/mol. The van der Waals surface area contributed by atoms with Crippen LogP contribution >= 0.6 is 0 Å². The summed E-state index contributed by atoms with van der Waals surface area (Å²) in [4.78, 5) is 50.0. The van der Waals surface area contributed by atoms with Crippen molar-refractivity contribution < 1.29 is 23.9 Å². The Morgan fingerprint density at radius 2 is 1.57 bits per heavy atom. The molecule has 0 aromatic heterocycles. The molecule has 0 radical (unpaired) electrons. The zero-order valence-corrected chi connectivity index (χ0v) is 15.4. The first-order valence-corrected chi connectivity index (χ1v) is 9.04. The van der Waals surface area contributed by atoms with Crippen LogP contribution in [-0.4, -0.2) is 41.7 Å². The van der Waals surface area contributed by atoms with Crippen LogP contribution < -0.4 is 5.32 Å². The van der Waals surface area contributed by atoms with Gasteiger partial charge in [0.15, 0.2) is 0 Å². The lowest BCUT2D eigenvalue weighted by Gasteiger charge is -2.14. The average Bonchev–Trinajstić information content (AvgIpc) is 2.94. The summed E-state index contributed by atoms with van der Waals surface area (Å²) in [7, 11) is 0. The topological polar surface area (TPSA) is 92.8 Å². The molecule has 2 aromatic carbocycles. The predicted octanol–water partition coefficient (Wildman–Crippen LogP) is 2.88. The quantitative estimate of drug-likeness (QED) is 0.589. The third kappa shape index (κ3) is 3.93. The molecule has 0 saturated carbocycles. The highest BCUT2D eigenvalue weighted by Crippen LogP contribution is 2.23. The highest BCUT2D eigenvalue weighted by atomic mass is 16.5. The summed E-state index contributed by atoms with van der Waals surface area (Å²) >= 11 is 0. The molecule has 0 aliphatic carbocycles. The summed E-state index contributed by atoms with van der Waals surface area (Å²) in [5.41, 5.74) is 1.42. The number of nitrogens with one attached hydrogen (secondary N) is 1. The average molecular weight is 380 g/mol. The number of fused-ring (bicyclic) bond motifs is 1. The minimum absolute atomic E-state index is 0.102. The molecule has 1 aliphatic rings. The van der Waals surface area contributed by atoms with E-state index in [1.807, 2.05) is 0 Å². The second-order valence-corrected chi connectivity index (χ2v) is 6.23. The number of benzene rings is 2. The fourth-order valence-corrected chi connectivity index (χ4v) is 3.03. The number of amides is 3. The summed E-state index contributed by atoms with van der Waals surface area (Å²) in [6, 6.07) is 13.2. The molecule has 1 aliphatic heterocycles. The zero-order valence-electron chi connectivity index (χ0n) is 15.4. The zero-order chi connectivity index (χ0) is 20.1. The number of nitrogens with zero attached hydrogens (tertiary/aromatic N) is 1. The minimum Gasteiger partial charge on any atom is -0.462 e. The van der Waals surface area contributed by atoms with E-state index in [4.69, 9.17) is 4.74 Å². The molecule has 0 atom stereocenters. The fraction of sp³-hybridized carbons (Fsp3) is 0.238. The van der Waals surface area contributed by atoms with Gasteiger partial charge in [0, 0.05) is 13.0 Å². The lowest BCUT2D eigenvalue weighted by molar-refractivity contribution is -0.116. The molecule has 3 rings (SSSR count). The van der Waals surface area contributed by atoms with Gasteiger partial charge in [-0.3, -0.25) is 19.3 Å². The molecule has 3 amide bonds. The van der Waals surface area contributed by atoms with Crippen LogP contribution in [0.15, 0.2) is 48.5 Å². The standard InChI is InChI=1S/C21H20N2O5/c1-2-28-21(27)16-10-5-6-11-17(16)22-18(24)12-7-13-23-19(25)14-8-3-4-9-15(14)20(23)26/h3-6,8-11H,2,7,12-13H2,1H3,(H,22,24). The van der Waals surface area contributed by atoms with Crippen molar-refractivity contribution >= 4 is 29.4 Å². The van der Waals surface area contributed by atoms with E-state index in [1.54, 1.807) is 55.5 Å². The van der Waals surface area contributed by atoms with Crippen molar-refractivity contribution in [2.75, 3.05) is 18.5 Å². The maximum atomic E-state index is 12.3. The third-order valence-electron chi connectivity index (χ3n) is 4.36. The Kier molecular flexibility index (Phi) is 5.84. The summed E-state index contributed by atoms with van der Waals surface area (Å²) in [6.45, 7) is 2.10. The Labute approximate surface area is 162 Å². The van der Waals surface area contributed by atoms with E-state index >= 15 is 0 Å². The molecule has 28 heavy (non-hydrogen) atoms. The van der Waals surface area contributed by atoms with Gasteiger partial charge in [0.2, 0.25) is 5.91 Å². The summed E-state index contributed by atoms with van der Waals surface area (Å²) in [6.07, 6.45) is 0.420. The highest BCUT2D eigenvalue weighted by molar-refractivity contribution is 6.21. The highest BCUT2D eigenvalue weighted by Gasteiger charge is 2.34. The van der Waals surface area contributed by atoms with E-state index in [0.717, 1.165) is 4.90 Å². The van der Waals surface area contributed by atoms with Gasteiger partial charge >= 0.3 is 5.97 Å². The van der Waals surface area contributed by atoms with E-state index in [2.05, 4.69) is 5.32 Å². The van der Waals surface area contributed by atoms with Crippen LogP contribution in [0.3, 0.4) is 0 Å². The normalized spacial score (nSPS) is 12.7. The number of hydrogen-bond donors (Lipinski definition) is 1. The molecular weight excluding hydrogens is 360 g/mol. The number of carbonyl (C=O) groups excluding carboxylic acids is 4. The summed E-state index contributed by atoms with van der Waals surface area (Å²) < 4.78 is 4.98. The third-order valence-corrected chi connectivity index (χ3v) is 4.36. The van der Waals surface area contributed by atoms with Gasteiger partial charge in [-0.25, -0.2) is 4.79 Å². The molecule has 0 spiro atoms. The first-order chi connectivity index (χ1) is 13.5. The van der Waals surface area contributed by atoms with Gasteiger partial charge in [-0.05, 0) is 37.6 Å². The Morgan fingerprint density at radius 3 is 2.21 bits per heavy atom. The van der Waals surface area contributed by atoms with Gasteiger partial charge in [-0.2, -0.15) is 0 Å². The Bertz CT molecular complexity index is 903. The second kappa shape index (κ2) is 8.47. The first-order valence-electron chi connectivity index (χ1n) is 9.04. The molecule has 0 fully saturated rings. The minimum atomic E-state index is -0.510. The van der Waals surface area contributed by atoms with Gasteiger partial charge in [-0.1, -0.05) is 24.3 Å². The summed E-state index contributed by atoms with van der Waals surface area (Å²) in [5.74, 6) is -1.50. The van der Waals surface area contributed by atoms with Crippen LogP contribution in [0, 0.1) is 0 Å². The van der Waals surface area contributed by atoms with Crippen LogP contribution in [0.25, 0.3) is 0 Å². The molecule has 2 aromatic rings. The molecule has 144 valence electrons. The van der Waals surface area contributed by atoms with Crippen LogP contribution in [0.1, 0.15) is 50.8 Å². The second-order valence-electron chi connectivity index (χ2n) is 6.23. The number of ether oxygens (including phenoxy) is 1. The van der Waals surface area contributed by atoms with Crippen molar-refractivity contribution in [1.82, 2.24) is 4.90 Å². The van der Waals surface area contributed by atoms with Gasteiger partial charge in [0.05, 0.1) is 29.0 Å². The number of rotatable bonds is 7. The molecule has 7 heteroatoms. The smallest absolute Gasteiger partial charge is 0.340 e. The first kappa shape index (κ1) is 19.3. The Balaban J connectivity index is 1.56. The van der Waals surface area contributed by atoms with Gasteiger partial charge in [0.1, 0.15) is 0 Å². The van der Waals surface area contributed by atoms with Crippen molar-refractivity contribution in [3.8, 4) is 0 Å². The van der Waals surface area contributed by atoms with Crippen LogP contribution in [0.2, 0.25) is 0 Å². The van der Waals surface area contributed by atoms with Gasteiger partial charge in [0.25, 0.3) is 11.8 Å². The lowest BCUT2D eigenvalue weighted by atomic mass is 10.1. The number of esters is 1. The van der Waals surface area contributed by atoms with Crippen LogP contribution in [0.5, 0.6) is 0 Å². The SMILES string of the molecule is CCOC(=O)c1ccccc1NC(=O)CCCN1C(=O)c2ccccc2C1=O.